The first-order valence-corrected chi connectivity index (χ1v) is 5.68. The van der Waals surface area contributed by atoms with Gasteiger partial charge in [0.1, 0.15) is 5.76 Å². The molecule has 1 N–H and O–H groups in total. The topological polar surface area (TPSA) is 45.5 Å². The van der Waals surface area contributed by atoms with Gasteiger partial charge in [0.15, 0.2) is 0 Å². The van der Waals surface area contributed by atoms with Gasteiger partial charge in [-0.3, -0.25) is 4.79 Å². The molecule has 0 aliphatic carbocycles. The molecule has 1 saturated heterocycles. The minimum absolute atomic E-state index is 0.0766. The molecule has 0 bridgehead atoms. The van der Waals surface area contributed by atoms with Gasteiger partial charge in [-0.2, -0.15) is 0 Å². The Morgan fingerprint density at radius 2 is 2.06 bits per heavy atom. The second-order valence-electron chi connectivity index (χ2n) is 4.46. The molecule has 16 heavy (non-hydrogen) atoms. The maximum absolute atomic E-state index is 12.3. The van der Waals surface area contributed by atoms with Crippen molar-refractivity contribution in [2.75, 3.05) is 13.1 Å². The van der Waals surface area contributed by atoms with Gasteiger partial charge in [0.25, 0.3) is 5.91 Å². The number of carbonyl (C=O) groups is 1. The number of carbonyl (C=O) groups excluding carboxylic acids is 1. The summed E-state index contributed by atoms with van der Waals surface area (Å²) >= 11 is 0. The molecule has 2 unspecified atom stereocenters. The first-order valence-electron chi connectivity index (χ1n) is 5.68. The average Bonchev–Trinajstić information content (AvgIpc) is 2.64. The highest BCUT2D eigenvalue weighted by molar-refractivity contribution is 5.95. The number of rotatable bonds is 1. The van der Waals surface area contributed by atoms with Crippen molar-refractivity contribution in [3.8, 4) is 0 Å². The molecule has 2 heterocycles. The van der Waals surface area contributed by atoms with Crippen LogP contribution in [-0.4, -0.2) is 36.0 Å². The molecule has 1 aromatic heterocycles. The minimum atomic E-state index is 0.0766. The summed E-state index contributed by atoms with van der Waals surface area (Å²) in [7, 11) is 0. The summed E-state index contributed by atoms with van der Waals surface area (Å²) in [5.41, 5.74) is 0.681. The second kappa shape index (κ2) is 4.29. The van der Waals surface area contributed by atoms with Crippen molar-refractivity contribution in [1.29, 1.82) is 0 Å². The molecule has 2 rings (SSSR count). The molecule has 88 valence electrons. The molecule has 0 spiro atoms. The van der Waals surface area contributed by atoms with Gasteiger partial charge in [0.2, 0.25) is 0 Å². The highest BCUT2D eigenvalue weighted by Crippen LogP contribution is 2.18. The molecule has 4 heteroatoms. The maximum atomic E-state index is 12.3. The summed E-state index contributed by atoms with van der Waals surface area (Å²) in [4.78, 5) is 14.3. The van der Waals surface area contributed by atoms with Gasteiger partial charge >= 0.3 is 0 Å². The van der Waals surface area contributed by atoms with E-state index in [2.05, 4.69) is 19.2 Å². The third-order valence-corrected chi connectivity index (χ3v) is 3.15. The number of hydrogen-bond acceptors (Lipinski definition) is 3. The molecule has 1 amide bonds. The van der Waals surface area contributed by atoms with Gasteiger partial charge < -0.3 is 14.6 Å². The Morgan fingerprint density at radius 1 is 1.44 bits per heavy atom. The monoisotopic (exact) mass is 222 g/mol. The summed E-state index contributed by atoms with van der Waals surface area (Å²) in [6.07, 6.45) is 1.57. The third-order valence-electron chi connectivity index (χ3n) is 3.15. The van der Waals surface area contributed by atoms with E-state index in [4.69, 9.17) is 4.42 Å². The van der Waals surface area contributed by atoms with E-state index in [0.717, 1.165) is 13.1 Å². The van der Waals surface area contributed by atoms with Gasteiger partial charge in [-0.25, -0.2) is 0 Å². The van der Waals surface area contributed by atoms with E-state index in [0.29, 0.717) is 11.3 Å². The van der Waals surface area contributed by atoms with Crippen molar-refractivity contribution in [1.82, 2.24) is 10.2 Å². The SMILES string of the molecule is Cc1occc1C(=O)N1C(C)CNCC1C. The smallest absolute Gasteiger partial charge is 0.257 e. The number of furan rings is 1. The molecule has 1 fully saturated rings. The van der Waals surface area contributed by atoms with Crippen LogP contribution in [-0.2, 0) is 0 Å². The lowest BCUT2D eigenvalue weighted by Crippen LogP contribution is -2.57. The van der Waals surface area contributed by atoms with E-state index in [9.17, 15) is 4.79 Å². The highest BCUT2D eigenvalue weighted by atomic mass is 16.3. The van der Waals surface area contributed by atoms with Crippen LogP contribution in [0.2, 0.25) is 0 Å². The standard InChI is InChI=1S/C12H18N2O2/c1-8-6-13-7-9(2)14(8)12(15)11-4-5-16-10(11)3/h4-5,8-9,13H,6-7H2,1-3H3. The fourth-order valence-electron chi connectivity index (χ4n) is 2.28. The first kappa shape index (κ1) is 11.2. The molecule has 0 radical (unpaired) electrons. The zero-order chi connectivity index (χ0) is 11.7. The molecule has 2 atom stereocenters. The van der Waals surface area contributed by atoms with Gasteiger partial charge in [-0.1, -0.05) is 0 Å². The number of nitrogens with zero attached hydrogens (tertiary/aromatic N) is 1. The van der Waals surface area contributed by atoms with Crippen LogP contribution < -0.4 is 5.32 Å². The van der Waals surface area contributed by atoms with Gasteiger partial charge in [0, 0.05) is 25.2 Å². The van der Waals surface area contributed by atoms with Crippen molar-refractivity contribution >= 4 is 5.91 Å². The fraction of sp³-hybridized carbons (Fsp3) is 0.583. The van der Waals surface area contributed by atoms with Crippen LogP contribution in [0.15, 0.2) is 16.7 Å². The summed E-state index contributed by atoms with van der Waals surface area (Å²) in [5.74, 6) is 0.774. The van der Waals surface area contributed by atoms with E-state index in [1.54, 1.807) is 12.3 Å². The van der Waals surface area contributed by atoms with Crippen molar-refractivity contribution in [3.05, 3.63) is 23.7 Å². The molecule has 0 saturated carbocycles. The number of aryl methyl sites for hydroxylation is 1. The van der Waals surface area contributed by atoms with Crippen molar-refractivity contribution < 1.29 is 9.21 Å². The predicted molar refractivity (Wildman–Crippen MR) is 61.4 cm³/mol. The summed E-state index contributed by atoms with van der Waals surface area (Å²) < 4.78 is 5.18. The van der Waals surface area contributed by atoms with Crippen molar-refractivity contribution in [2.24, 2.45) is 0 Å². The Kier molecular flexibility index (Phi) is 3.01. The van der Waals surface area contributed by atoms with Gasteiger partial charge in [-0.15, -0.1) is 0 Å². The molecule has 1 aromatic rings. The summed E-state index contributed by atoms with van der Waals surface area (Å²) in [6.45, 7) is 7.66. The number of hydrogen-bond donors (Lipinski definition) is 1. The maximum Gasteiger partial charge on any atom is 0.257 e. The van der Waals surface area contributed by atoms with Crippen LogP contribution in [0.5, 0.6) is 0 Å². The number of nitrogens with one attached hydrogen (secondary N) is 1. The second-order valence-corrected chi connectivity index (χ2v) is 4.46. The zero-order valence-corrected chi connectivity index (χ0v) is 9.99. The molecule has 1 aliphatic rings. The van der Waals surface area contributed by atoms with Crippen molar-refractivity contribution in [2.45, 2.75) is 32.9 Å². The Hall–Kier alpha value is -1.29. The molecular weight excluding hydrogens is 204 g/mol. The Morgan fingerprint density at radius 3 is 2.56 bits per heavy atom. The Labute approximate surface area is 95.6 Å². The van der Waals surface area contributed by atoms with E-state index in [1.165, 1.54) is 0 Å². The van der Waals surface area contributed by atoms with Crippen molar-refractivity contribution in [3.63, 3.8) is 0 Å². The predicted octanol–water partition coefficient (Wildman–Crippen LogP) is 1.41. The van der Waals surface area contributed by atoms with E-state index in [-0.39, 0.29) is 18.0 Å². The van der Waals surface area contributed by atoms with E-state index >= 15 is 0 Å². The normalized spacial score (nSPS) is 25.8. The first-order chi connectivity index (χ1) is 7.61. The van der Waals surface area contributed by atoms with E-state index < -0.39 is 0 Å². The number of piperazine rings is 1. The summed E-state index contributed by atoms with van der Waals surface area (Å²) in [5, 5.41) is 3.31. The highest BCUT2D eigenvalue weighted by Gasteiger charge is 2.30. The Bertz CT molecular complexity index is 376. The molecule has 1 aliphatic heterocycles. The molecule has 4 nitrogen and oxygen atoms in total. The largest absolute Gasteiger partial charge is 0.469 e. The minimum Gasteiger partial charge on any atom is -0.469 e. The van der Waals surface area contributed by atoms with Crippen LogP contribution in [0, 0.1) is 6.92 Å². The lowest BCUT2D eigenvalue weighted by Gasteiger charge is -2.39. The van der Waals surface area contributed by atoms with Crippen LogP contribution in [0.3, 0.4) is 0 Å². The fourth-order valence-corrected chi connectivity index (χ4v) is 2.28. The third kappa shape index (κ3) is 1.85. The molecular formula is C12H18N2O2. The zero-order valence-electron chi connectivity index (χ0n) is 9.99. The van der Waals surface area contributed by atoms with Crippen LogP contribution in [0.25, 0.3) is 0 Å². The van der Waals surface area contributed by atoms with Crippen LogP contribution >= 0.6 is 0 Å². The number of amides is 1. The van der Waals surface area contributed by atoms with Crippen LogP contribution in [0.4, 0.5) is 0 Å². The van der Waals surface area contributed by atoms with E-state index in [1.807, 2.05) is 11.8 Å². The summed E-state index contributed by atoms with van der Waals surface area (Å²) in [6, 6.07) is 2.20. The van der Waals surface area contributed by atoms with Crippen LogP contribution in [0.1, 0.15) is 30.0 Å². The molecule has 0 aromatic carbocycles. The Balaban J connectivity index is 2.23. The average molecular weight is 222 g/mol. The van der Waals surface area contributed by atoms with Gasteiger partial charge in [-0.05, 0) is 26.8 Å². The lowest BCUT2D eigenvalue weighted by atomic mass is 10.1. The quantitative estimate of drug-likeness (QED) is 0.781. The van der Waals surface area contributed by atoms with Gasteiger partial charge in [0.05, 0.1) is 11.8 Å². The lowest BCUT2D eigenvalue weighted by molar-refractivity contribution is 0.0542.